The summed E-state index contributed by atoms with van der Waals surface area (Å²) in [6.45, 7) is 2.08. The Labute approximate surface area is 128 Å². The van der Waals surface area contributed by atoms with E-state index in [0.717, 1.165) is 21.0 Å². The summed E-state index contributed by atoms with van der Waals surface area (Å²) in [6, 6.07) is 11.9. The van der Waals surface area contributed by atoms with Crippen LogP contribution in [-0.4, -0.2) is 26.5 Å². The third kappa shape index (κ3) is 4.21. The van der Waals surface area contributed by atoms with Crippen LogP contribution < -0.4 is 4.74 Å². The van der Waals surface area contributed by atoms with Gasteiger partial charge in [0.05, 0.1) is 12.4 Å². The summed E-state index contributed by atoms with van der Waals surface area (Å²) >= 11 is 3.44. The van der Waals surface area contributed by atoms with Gasteiger partial charge in [0.1, 0.15) is 15.6 Å². The molecular formula is C15H17BrO3S. The molecule has 5 heteroatoms. The summed E-state index contributed by atoms with van der Waals surface area (Å²) in [4.78, 5) is 0. The molecule has 20 heavy (non-hydrogen) atoms. The van der Waals surface area contributed by atoms with Gasteiger partial charge in [0, 0.05) is 10.2 Å². The van der Waals surface area contributed by atoms with Crippen LogP contribution in [0.25, 0.3) is 10.8 Å². The fourth-order valence-electron chi connectivity index (χ4n) is 1.90. The molecule has 0 bridgehead atoms. The normalized spacial score (nSPS) is 11.7. The Kier molecular flexibility index (Phi) is 5.05. The van der Waals surface area contributed by atoms with Gasteiger partial charge in [-0.2, -0.15) is 0 Å². The number of hydrogen-bond donors (Lipinski definition) is 0. The van der Waals surface area contributed by atoms with Crippen molar-refractivity contribution in [3.05, 3.63) is 40.9 Å². The van der Waals surface area contributed by atoms with Crippen molar-refractivity contribution in [2.75, 3.05) is 18.1 Å². The molecule has 2 aromatic carbocycles. The van der Waals surface area contributed by atoms with Gasteiger partial charge in [0.2, 0.25) is 0 Å². The van der Waals surface area contributed by atoms with Crippen molar-refractivity contribution >= 4 is 36.5 Å². The van der Waals surface area contributed by atoms with E-state index < -0.39 is 9.84 Å². The van der Waals surface area contributed by atoms with Crippen LogP contribution in [-0.2, 0) is 9.84 Å². The maximum Gasteiger partial charge on any atom is 0.150 e. The first-order chi connectivity index (χ1) is 9.50. The van der Waals surface area contributed by atoms with Crippen LogP contribution in [0.2, 0.25) is 0 Å². The number of rotatable bonds is 6. The first kappa shape index (κ1) is 15.3. The fraction of sp³-hybridized carbons (Fsp3) is 0.333. The molecule has 0 N–H and O–H groups in total. The smallest absolute Gasteiger partial charge is 0.150 e. The maximum atomic E-state index is 11.4. The quantitative estimate of drug-likeness (QED) is 0.739. The zero-order valence-corrected chi connectivity index (χ0v) is 13.7. The lowest BCUT2D eigenvalue weighted by Crippen LogP contribution is -2.11. The van der Waals surface area contributed by atoms with Crippen LogP contribution >= 0.6 is 15.9 Å². The maximum absolute atomic E-state index is 11.4. The largest absolute Gasteiger partial charge is 0.494 e. The zero-order valence-electron chi connectivity index (χ0n) is 11.3. The Balaban J connectivity index is 1.95. The van der Waals surface area contributed by atoms with Crippen LogP contribution in [0.1, 0.15) is 13.3 Å². The van der Waals surface area contributed by atoms with Gasteiger partial charge in [-0.15, -0.1) is 0 Å². The molecule has 0 saturated carbocycles. The minimum Gasteiger partial charge on any atom is -0.494 e. The van der Waals surface area contributed by atoms with Gasteiger partial charge >= 0.3 is 0 Å². The Morgan fingerprint density at radius 3 is 2.55 bits per heavy atom. The van der Waals surface area contributed by atoms with Crippen molar-refractivity contribution < 1.29 is 13.2 Å². The first-order valence-corrected chi connectivity index (χ1v) is 9.14. The molecule has 0 fully saturated rings. The Morgan fingerprint density at radius 1 is 1.10 bits per heavy atom. The van der Waals surface area contributed by atoms with E-state index in [1.807, 2.05) is 36.4 Å². The predicted molar refractivity (Wildman–Crippen MR) is 86.1 cm³/mol. The van der Waals surface area contributed by atoms with Gasteiger partial charge in [-0.3, -0.25) is 0 Å². The molecule has 2 rings (SSSR count). The van der Waals surface area contributed by atoms with Crippen LogP contribution in [0.5, 0.6) is 5.75 Å². The molecule has 108 valence electrons. The molecular weight excluding hydrogens is 340 g/mol. The zero-order chi connectivity index (χ0) is 14.6. The van der Waals surface area contributed by atoms with Crippen LogP contribution in [0.4, 0.5) is 0 Å². The highest BCUT2D eigenvalue weighted by Gasteiger charge is 2.06. The molecule has 0 spiro atoms. The van der Waals surface area contributed by atoms with E-state index >= 15 is 0 Å². The lowest BCUT2D eigenvalue weighted by molar-refractivity contribution is 0.318. The third-order valence-corrected chi connectivity index (χ3v) is 5.37. The lowest BCUT2D eigenvalue weighted by atomic mass is 10.1. The number of fused-ring (bicyclic) bond motifs is 1. The van der Waals surface area contributed by atoms with Gasteiger partial charge in [-0.05, 0) is 41.5 Å². The summed E-state index contributed by atoms with van der Waals surface area (Å²) in [5, 5.41) is 2.24. The van der Waals surface area contributed by atoms with E-state index in [2.05, 4.69) is 15.9 Å². The summed E-state index contributed by atoms with van der Waals surface area (Å²) in [5.74, 6) is 1.15. The minimum atomic E-state index is -2.90. The van der Waals surface area contributed by atoms with Gasteiger partial charge in [0.25, 0.3) is 0 Å². The summed E-state index contributed by atoms with van der Waals surface area (Å²) in [5.41, 5.74) is 0. The molecule has 0 aromatic heterocycles. The van der Waals surface area contributed by atoms with Crippen LogP contribution in [0.3, 0.4) is 0 Å². The third-order valence-electron chi connectivity index (χ3n) is 3.08. The molecule has 0 amide bonds. The molecule has 0 unspecified atom stereocenters. The van der Waals surface area contributed by atoms with E-state index in [1.54, 1.807) is 6.92 Å². The lowest BCUT2D eigenvalue weighted by Gasteiger charge is -2.07. The van der Waals surface area contributed by atoms with Crippen molar-refractivity contribution in [1.82, 2.24) is 0 Å². The Morgan fingerprint density at radius 2 is 1.80 bits per heavy atom. The van der Waals surface area contributed by atoms with Gasteiger partial charge in [0.15, 0.2) is 0 Å². The average molecular weight is 357 g/mol. The van der Waals surface area contributed by atoms with E-state index in [9.17, 15) is 8.42 Å². The Bertz CT molecular complexity index is 695. The highest BCUT2D eigenvalue weighted by atomic mass is 79.9. The molecule has 0 heterocycles. The number of hydrogen-bond acceptors (Lipinski definition) is 3. The van der Waals surface area contributed by atoms with Gasteiger partial charge in [-0.1, -0.05) is 35.0 Å². The van der Waals surface area contributed by atoms with E-state index in [0.29, 0.717) is 13.0 Å². The van der Waals surface area contributed by atoms with Crippen LogP contribution in [0, 0.1) is 0 Å². The highest BCUT2D eigenvalue weighted by Crippen LogP contribution is 2.24. The van der Waals surface area contributed by atoms with Crippen molar-refractivity contribution in [2.24, 2.45) is 0 Å². The van der Waals surface area contributed by atoms with Crippen molar-refractivity contribution in [2.45, 2.75) is 13.3 Å². The minimum absolute atomic E-state index is 0.185. The molecule has 0 radical (unpaired) electrons. The molecule has 0 saturated heterocycles. The SMILES string of the molecule is CCS(=O)(=O)CCCOc1ccc2cc(Br)ccc2c1. The topological polar surface area (TPSA) is 43.4 Å². The Hall–Kier alpha value is -1.07. The predicted octanol–water partition coefficient (Wildman–Crippen LogP) is 3.81. The van der Waals surface area contributed by atoms with Crippen molar-refractivity contribution in [1.29, 1.82) is 0 Å². The molecule has 3 nitrogen and oxygen atoms in total. The van der Waals surface area contributed by atoms with Crippen molar-refractivity contribution in [3.8, 4) is 5.75 Å². The van der Waals surface area contributed by atoms with E-state index in [1.165, 1.54) is 0 Å². The molecule has 0 atom stereocenters. The second-order valence-electron chi connectivity index (χ2n) is 4.59. The number of benzene rings is 2. The fourth-order valence-corrected chi connectivity index (χ4v) is 3.12. The standard InChI is InChI=1S/C15H17BrO3S/c1-2-20(17,18)9-3-8-19-15-7-5-12-10-14(16)6-4-13(12)11-15/h4-7,10-11H,2-3,8-9H2,1H3. The molecule has 0 aliphatic rings. The second-order valence-corrected chi connectivity index (χ2v) is 7.98. The van der Waals surface area contributed by atoms with Gasteiger partial charge in [-0.25, -0.2) is 8.42 Å². The monoisotopic (exact) mass is 356 g/mol. The second kappa shape index (κ2) is 6.59. The molecule has 0 aliphatic carbocycles. The van der Waals surface area contributed by atoms with Crippen LogP contribution in [0.15, 0.2) is 40.9 Å². The van der Waals surface area contributed by atoms with E-state index in [-0.39, 0.29) is 11.5 Å². The highest BCUT2D eigenvalue weighted by molar-refractivity contribution is 9.10. The molecule has 2 aromatic rings. The van der Waals surface area contributed by atoms with Crippen molar-refractivity contribution in [3.63, 3.8) is 0 Å². The van der Waals surface area contributed by atoms with Gasteiger partial charge < -0.3 is 4.74 Å². The first-order valence-electron chi connectivity index (χ1n) is 6.53. The average Bonchev–Trinajstić information content (AvgIpc) is 2.43. The molecule has 0 aliphatic heterocycles. The summed E-state index contributed by atoms with van der Waals surface area (Å²) in [7, 11) is -2.90. The summed E-state index contributed by atoms with van der Waals surface area (Å²) in [6.07, 6.45) is 0.522. The number of ether oxygens (including phenoxy) is 1. The van der Waals surface area contributed by atoms with E-state index in [4.69, 9.17) is 4.74 Å². The number of halogens is 1. The summed E-state index contributed by atoms with van der Waals surface area (Å²) < 4.78 is 29.4. The number of sulfone groups is 1.